The van der Waals surface area contributed by atoms with Crippen LogP contribution in [0.4, 0.5) is 0 Å². The predicted octanol–water partition coefficient (Wildman–Crippen LogP) is 3.52. The Hall–Kier alpha value is -1.76. The Morgan fingerprint density at radius 3 is 2.53 bits per heavy atom. The monoisotopic (exact) mass is 196 g/mol. The van der Waals surface area contributed by atoms with Gasteiger partial charge in [0, 0.05) is 5.92 Å². The zero-order valence-corrected chi connectivity index (χ0v) is 8.57. The Morgan fingerprint density at radius 2 is 1.67 bits per heavy atom. The Morgan fingerprint density at radius 1 is 0.933 bits per heavy atom. The van der Waals surface area contributed by atoms with E-state index in [9.17, 15) is 5.11 Å². The molecular formula is C14H12O. The lowest BCUT2D eigenvalue weighted by molar-refractivity contribution is 0.474. The lowest BCUT2D eigenvalue weighted by Crippen LogP contribution is -1.88. The summed E-state index contributed by atoms with van der Waals surface area (Å²) in [5, 5.41) is 9.49. The van der Waals surface area contributed by atoms with Gasteiger partial charge in [-0.15, -0.1) is 0 Å². The van der Waals surface area contributed by atoms with E-state index in [0.717, 1.165) is 0 Å². The second-order valence-electron chi connectivity index (χ2n) is 4.08. The van der Waals surface area contributed by atoms with Crippen LogP contribution < -0.4 is 0 Å². The van der Waals surface area contributed by atoms with Crippen LogP contribution in [0.15, 0.2) is 42.5 Å². The van der Waals surface area contributed by atoms with E-state index in [4.69, 9.17) is 0 Å². The number of phenolic OH excluding ortho intramolecular Hbond substituents is 1. The molecule has 3 rings (SSSR count). The standard InChI is InChI=1S/C14H12O/c1-9-11-4-2-3-5-12(11)13-7-6-10(15)8-14(9)13/h2-9,15H,1H3. The maximum Gasteiger partial charge on any atom is 0.115 e. The molecule has 1 heteroatoms. The van der Waals surface area contributed by atoms with E-state index in [-0.39, 0.29) is 0 Å². The fourth-order valence-electron chi connectivity index (χ4n) is 2.44. The first-order valence-electron chi connectivity index (χ1n) is 5.19. The molecule has 0 bridgehead atoms. The molecule has 0 radical (unpaired) electrons. The molecule has 1 aliphatic carbocycles. The molecular weight excluding hydrogens is 184 g/mol. The third kappa shape index (κ3) is 1.09. The van der Waals surface area contributed by atoms with Crippen molar-refractivity contribution in [1.82, 2.24) is 0 Å². The van der Waals surface area contributed by atoms with E-state index in [1.807, 2.05) is 12.1 Å². The van der Waals surface area contributed by atoms with Crippen molar-refractivity contribution in [2.24, 2.45) is 0 Å². The van der Waals surface area contributed by atoms with Gasteiger partial charge in [0.2, 0.25) is 0 Å². The van der Waals surface area contributed by atoms with Crippen LogP contribution in [-0.4, -0.2) is 5.11 Å². The normalized spacial score (nSPS) is 17.3. The minimum absolute atomic E-state index is 0.355. The highest BCUT2D eigenvalue weighted by molar-refractivity contribution is 5.79. The van der Waals surface area contributed by atoms with Crippen molar-refractivity contribution >= 4 is 0 Å². The molecule has 0 amide bonds. The number of phenols is 1. The predicted molar refractivity (Wildman–Crippen MR) is 61.1 cm³/mol. The molecule has 0 fully saturated rings. The third-order valence-corrected chi connectivity index (χ3v) is 3.22. The molecule has 15 heavy (non-hydrogen) atoms. The third-order valence-electron chi connectivity index (χ3n) is 3.22. The zero-order valence-electron chi connectivity index (χ0n) is 8.57. The minimum atomic E-state index is 0.355. The van der Waals surface area contributed by atoms with Crippen LogP contribution in [0.3, 0.4) is 0 Å². The van der Waals surface area contributed by atoms with Crippen molar-refractivity contribution in [2.45, 2.75) is 12.8 Å². The van der Waals surface area contributed by atoms with Crippen LogP contribution in [0.2, 0.25) is 0 Å². The summed E-state index contributed by atoms with van der Waals surface area (Å²) in [6.07, 6.45) is 0. The van der Waals surface area contributed by atoms with Crippen LogP contribution in [0.5, 0.6) is 5.75 Å². The van der Waals surface area contributed by atoms with E-state index in [1.54, 1.807) is 6.07 Å². The maximum atomic E-state index is 9.49. The van der Waals surface area contributed by atoms with Crippen LogP contribution in [0.25, 0.3) is 11.1 Å². The van der Waals surface area contributed by atoms with Crippen molar-refractivity contribution in [3.05, 3.63) is 53.6 Å². The fourth-order valence-corrected chi connectivity index (χ4v) is 2.44. The van der Waals surface area contributed by atoms with Gasteiger partial charge < -0.3 is 5.11 Å². The molecule has 0 saturated heterocycles. The highest BCUT2D eigenvalue weighted by atomic mass is 16.3. The molecule has 0 aliphatic heterocycles. The number of hydrogen-bond acceptors (Lipinski definition) is 1. The molecule has 2 aromatic rings. The van der Waals surface area contributed by atoms with E-state index < -0.39 is 0 Å². The Bertz CT molecular complexity index is 529. The van der Waals surface area contributed by atoms with E-state index in [0.29, 0.717) is 11.7 Å². The van der Waals surface area contributed by atoms with E-state index in [2.05, 4.69) is 31.2 Å². The molecule has 0 saturated carbocycles. The van der Waals surface area contributed by atoms with Gasteiger partial charge in [0.15, 0.2) is 0 Å². The molecule has 74 valence electrons. The van der Waals surface area contributed by atoms with Gasteiger partial charge in [-0.3, -0.25) is 0 Å². The quantitative estimate of drug-likeness (QED) is 0.683. The van der Waals surface area contributed by atoms with Gasteiger partial charge in [-0.05, 0) is 34.4 Å². The summed E-state index contributed by atoms with van der Waals surface area (Å²) in [5.41, 5.74) is 5.16. The number of hydrogen-bond donors (Lipinski definition) is 1. The fraction of sp³-hybridized carbons (Fsp3) is 0.143. The number of rotatable bonds is 0. The average Bonchev–Trinajstić information content (AvgIpc) is 2.54. The Labute approximate surface area is 89.0 Å². The first-order valence-corrected chi connectivity index (χ1v) is 5.19. The zero-order chi connectivity index (χ0) is 10.4. The molecule has 1 atom stereocenters. The van der Waals surface area contributed by atoms with Gasteiger partial charge in [-0.2, -0.15) is 0 Å². The van der Waals surface area contributed by atoms with Crippen LogP contribution in [0, 0.1) is 0 Å². The SMILES string of the molecule is CC1c2ccccc2-c2ccc(O)cc21. The summed E-state index contributed by atoms with van der Waals surface area (Å²) < 4.78 is 0. The van der Waals surface area contributed by atoms with Crippen molar-refractivity contribution in [3.8, 4) is 16.9 Å². The van der Waals surface area contributed by atoms with Gasteiger partial charge in [0.1, 0.15) is 5.75 Å². The van der Waals surface area contributed by atoms with Gasteiger partial charge in [0.05, 0.1) is 0 Å². The van der Waals surface area contributed by atoms with Gasteiger partial charge >= 0.3 is 0 Å². The number of aromatic hydroxyl groups is 1. The summed E-state index contributed by atoms with van der Waals surface area (Å²) in [6.45, 7) is 2.18. The molecule has 0 heterocycles. The second kappa shape index (κ2) is 2.86. The van der Waals surface area contributed by atoms with Gasteiger partial charge in [-0.1, -0.05) is 37.3 Å². The van der Waals surface area contributed by atoms with Crippen molar-refractivity contribution in [1.29, 1.82) is 0 Å². The first kappa shape index (κ1) is 8.54. The topological polar surface area (TPSA) is 20.2 Å². The van der Waals surface area contributed by atoms with Crippen molar-refractivity contribution in [3.63, 3.8) is 0 Å². The van der Waals surface area contributed by atoms with Crippen LogP contribution in [0.1, 0.15) is 24.0 Å². The Balaban J connectivity index is 2.32. The number of benzene rings is 2. The highest BCUT2D eigenvalue weighted by Crippen LogP contribution is 2.45. The van der Waals surface area contributed by atoms with Crippen LogP contribution >= 0.6 is 0 Å². The summed E-state index contributed by atoms with van der Waals surface area (Å²) in [6, 6.07) is 14.1. The van der Waals surface area contributed by atoms with Crippen LogP contribution in [-0.2, 0) is 0 Å². The average molecular weight is 196 g/mol. The van der Waals surface area contributed by atoms with Gasteiger partial charge in [0.25, 0.3) is 0 Å². The molecule has 0 aromatic heterocycles. The first-order chi connectivity index (χ1) is 7.27. The molecule has 1 unspecified atom stereocenters. The van der Waals surface area contributed by atoms with E-state index in [1.165, 1.54) is 22.3 Å². The van der Waals surface area contributed by atoms with Crippen molar-refractivity contribution < 1.29 is 5.11 Å². The van der Waals surface area contributed by atoms with Gasteiger partial charge in [-0.25, -0.2) is 0 Å². The summed E-state index contributed by atoms with van der Waals surface area (Å²) >= 11 is 0. The molecule has 0 spiro atoms. The molecule has 2 aromatic carbocycles. The van der Waals surface area contributed by atoms with Crippen molar-refractivity contribution in [2.75, 3.05) is 0 Å². The highest BCUT2D eigenvalue weighted by Gasteiger charge is 2.24. The minimum Gasteiger partial charge on any atom is -0.508 e. The summed E-state index contributed by atoms with van der Waals surface area (Å²) in [7, 11) is 0. The molecule has 1 nitrogen and oxygen atoms in total. The molecule has 1 aliphatic rings. The lowest BCUT2D eigenvalue weighted by Gasteiger charge is -2.05. The summed E-state index contributed by atoms with van der Waals surface area (Å²) in [4.78, 5) is 0. The second-order valence-corrected chi connectivity index (χ2v) is 4.08. The lowest BCUT2D eigenvalue weighted by atomic mass is 9.99. The van der Waals surface area contributed by atoms with E-state index >= 15 is 0 Å². The Kier molecular flexibility index (Phi) is 1.63. The summed E-state index contributed by atoms with van der Waals surface area (Å²) in [5.74, 6) is 0.747. The number of fused-ring (bicyclic) bond motifs is 3. The maximum absolute atomic E-state index is 9.49. The molecule has 1 N–H and O–H groups in total. The largest absolute Gasteiger partial charge is 0.508 e. The smallest absolute Gasteiger partial charge is 0.115 e.